The van der Waals surface area contributed by atoms with Gasteiger partial charge in [0.15, 0.2) is 5.13 Å². The Balaban J connectivity index is 1.48. The van der Waals surface area contributed by atoms with Crippen LogP contribution < -0.4 is 11.1 Å². The van der Waals surface area contributed by atoms with Gasteiger partial charge < -0.3 is 25.4 Å². The number of nitrogens with two attached hydrogens (primary N) is 1. The number of hydrogen-bond acceptors (Lipinski definition) is 15. The van der Waals surface area contributed by atoms with E-state index in [0.717, 1.165) is 6.54 Å². The molecule has 3 N–H and O–H groups in total. The highest BCUT2D eigenvalue weighted by Gasteiger charge is 2.54. The van der Waals surface area contributed by atoms with Crippen molar-refractivity contribution in [2.45, 2.75) is 69.4 Å². The van der Waals surface area contributed by atoms with Crippen molar-refractivity contribution in [2.75, 3.05) is 37.9 Å². The summed E-state index contributed by atoms with van der Waals surface area (Å²) >= 11 is 3.99. The maximum atomic E-state index is 13.5. The number of thioether (sulfide) groups is 2. The summed E-state index contributed by atoms with van der Waals surface area (Å²) in [7, 11) is 3.90. The third-order valence-corrected chi connectivity index (χ3v) is 9.70. The van der Waals surface area contributed by atoms with Crippen LogP contribution in [0.15, 0.2) is 21.8 Å². The first kappa shape index (κ1) is 33.7. The third kappa shape index (κ3) is 8.70. The first-order valence-corrected chi connectivity index (χ1v) is 16.9. The summed E-state index contributed by atoms with van der Waals surface area (Å²) in [5.74, 6) is -1.08. The Morgan fingerprint density at radius 2 is 2.02 bits per heavy atom. The van der Waals surface area contributed by atoms with Gasteiger partial charge in [-0.1, -0.05) is 25.6 Å². The van der Waals surface area contributed by atoms with Gasteiger partial charge in [0.2, 0.25) is 17.4 Å². The summed E-state index contributed by atoms with van der Waals surface area (Å²) in [4.78, 5) is 59.3. The molecule has 2 aromatic heterocycles. The van der Waals surface area contributed by atoms with Crippen molar-refractivity contribution < 1.29 is 28.7 Å². The molecule has 1 fully saturated rings. The van der Waals surface area contributed by atoms with Gasteiger partial charge >= 0.3 is 11.9 Å². The van der Waals surface area contributed by atoms with Gasteiger partial charge in [0, 0.05) is 36.8 Å². The van der Waals surface area contributed by atoms with Gasteiger partial charge in [0.25, 0.3) is 5.91 Å². The molecule has 2 aliphatic heterocycles. The van der Waals surface area contributed by atoms with Crippen LogP contribution in [0.4, 0.5) is 5.13 Å². The Labute approximate surface area is 267 Å². The Hall–Kier alpha value is -3.22. The molecule has 44 heavy (non-hydrogen) atoms. The minimum absolute atomic E-state index is 0.0241. The van der Waals surface area contributed by atoms with Crippen molar-refractivity contribution in [1.82, 2.24) is 40.3 Å². The van der Waals surface area contributed by atoms with E-state index in [0.29, 0.717) is 51.9 Å². The van der Waals surface area contributed by atoms with E-state index in [4.69, 9.17) is 15.2 Å². The smallest absolute Gasteiger partial charge is 0.358 e. The van der Waals surface area contributed by atoms with Crippen LogP contribution in [0.1, 0.15) is 39.3 Å². The number of thiazole rings is 1. The third-order valence-electron chi connectivity index (χ3n) is 6.60. The Morgan fingerprint density at radius 3 is 2.70 bits per heavy atom. The lowest BCUT2D eigenvalue weighted by Gasteiger charge is -2.49. The van der Waals surface area contributed by atoms with Crippen molar-refractivity contribution in [3.8, 4) is 0 Å². The normalized spacial score (nSPS) is 18.7. The van der Waals surface area contributed by atoms with Gasteiger partial charge in [0.05, 0.1) is 18.7 Å². The molecular weight excluding hydrogens is 631 g/mol. The Bertz CT molecular complexity index is 1390. The standard InChI is InChI=1S/C26H37N9O6S3/c1-14(2)6-7-19(37)40-15(3)41-24(39)21-16(12-44-26-30-31-32-34(26)9-8-33(4)5)11-42-23-20(22(38)35(21)23)29-18(36)10-17-13-43-25(27)28-17/h13-15,20,23H,6-12H2,1-5H3,(H2,27,28)(H,29,36)/t15?,20-,23-/m1/s1. The summed E-state index contributed by atoms with van der Waals surface area (Å²) in [6.07, 6.45) is -0.342. The highest BCUT2D eigenvalue weighted by Crippen LogP contribution is 2.42. The summed E-state index contributed by atoms with van der Waals surface area (Å²) < 4.78 is 12.5. The number of fused-ring (bicyclic) bond motifs is 1. The quantitative estimate of drug-likeness (QED) is 0.119. The fourth-order valence-electron chi connectivity index (χ4n) is 4.34. The zero-order valence-corrected chi connectivity index (χ0v) is 27.7. The monoisotopic (exact) mass is 667 g/mol. The minimum Gasteiger partial charge on any atom is -0.425 e. The van der Waals surface area contributed by atoms with Crippen molar-refractivity contribution in [1.29, 1.82) is 0 Å². The van der Waals surface area contributed by atoms with Crippen LogP contribution in [0.25, 0.3) is 0 Å². The fourth-order valence-corrected chi connectivity index (χ4v) is 7.29. The highest BCUT2D eigenvalue weighted by molar-refractivity contribution is 8.01. The number of β-lactam (4-membered cyclic amide) rings is 1. The van der Waals surface area contributed by atoms with E-state index < -0.39 is 35.6 Å². The molecule has 0 saturated carbocycles. The number of anilines is 1. The zero-order valence-electron chi connectivity index (χ0n) is 25.2. The van der Waals surface area contributed by atoms with Crippen molar-refractivity contribution in [2.24, 2.45) is 5.92 Å². The van der Waals surface area contributed by atoms with Crippen LogP contribution in [0.2, 0.25) is 0 Å². The molecule has 0 bridgehead atoms. The van der Waals surface area contributed by atoms with E-state index in [1.807, 2.05) is 32.8 Å². The summed E-state index contributed by atoms with van der Waals surface area (Å²) in [5, 5.41) is 16.8. The summed E-state index contributed by atoms with van der Waals surface area (Å²) in [6, 6.07) is -0.829. The van der Waals surface area contributed by atoms with E-state index in [-0.39, 0.29) is 24.4 Å². The maximum Gasteiger partial charge on any atom is 0.358 e. The first-order valence-electron chi connectivity index (χ1n) is 14.0. The number of nitrogen functional groups attached to an aromatic ring is 1. The molecule has 2 amide bonds. The maximum absolute atomic E-state index is 13.5. The molecule has 15 nitrogen and oxygen atoms in total. The van der Waals surface area contributed by atoms with Crippen LogP contribution in [0.3, 0.4) is 0 Å². The average Bonchev–Trinajstić information content (AvgIpc) is 3.59. The lowest BCUT2D eigenvalue weighted by molar-refractivity contribution is -0.184. The van der Waals surface area contributed by atoms with Gasteiger partial charge in [-0.3, -0.25) is 19.3 Å². The molecule has 4 rings (SSSR count). The van der Waals surface area contributed by atoms with E-state index in [1.165, 1.54) is 46.7 Å². The number of carbonyl (C=O) groups is 4. The van der Waals surface area contributed by atoms with Crippen molar-refractivity contribution >= 4 is 63.7 Å². The van der Waals surface area contributed by atoms with Crippen LogP contribution >= 0.6 is 34.9 Å². The molecule has 0 aromatic carbocycles. The van der Waals surface area contributed by atoms with Crippen LogP contribution in [-0.4, -0.2) is 109 Å². The number of hydrogen-bond donors (Lipinski definition) is 2. The predicted molar refractivity (Wildman–Crippen MR) is 165 cm³/mol. The largest absolute Gasteiger partial charge is 0.425 e. The van der Waals surface area contributed by atoms with Gasteiger partial charge in [-0.05, 0) is 42.4 Å². The van der Waals surface area contributed by atoms with Crippen LogP contribution in [0.5, 0.6) is 0 Å². The minimum atomic E-state index is -1.16. The molecule has 2 aromatic rings. The second-order valence-corrected chi connectivity index (χ2v) is 13.9. The number of carbonyl (C=O) groups excluding carboxylic acids is 4. The molecule has 0 radical (unpaired) electrons. The fraction of sp³-hybridized carbons (Fsp3) is 0.615. The topological polar surface area (TPSA) is 188 Å². The molecular formula is C26H37N9O6S3. The molecule has 18 heteroatoms. The molecule has 1 saturated heterocycles. The number of rotatable bonds is 15. The molecule has 3 atom stereocenters. The van der Waals surface area contributed by atoms with Gasteiger partial charge in [-0.25, -0.2) is 14.5 Å². The number of tetrazole rings is 1. The SMILES string of the molecule is CC(C)CCC(=O)OC(C)OC(=O)C1=C(CSc2nnnn2CCN(C)C)CS[C@@H]2[C@H](NC(=O)Cc3csc(N)n3)C(=O)N12. The average molecular weight is 668 g/mol. The van der Waals surface area contributed by atoms with Gasteiger partial charge in [-0.2, -0.15) is 0 Å². The van der Waals surface area contributed by atoms with Crippen molar-refractivity contribution in [3.05, 3.63) is 22.3 Å². The summed E-state index contributed by atoms with van der Waals surface area (Å²) in [5.41, 5.74) is 6.88. The number of nitrogens with zero attached hydrogens (tertiary/aromatic N) is 7. The van der Waals surface area contributed by atoms with Crippen molar-refractivity contribution in [3.63, 3.8) is 0 Å². The molecule has 4 heterocycles. The molecule has 0 spiro atoms. The highest BCUT2D eigenvalue weighted by atomic mass is 32.2. The molecule has 0 aliphatic carbocycles. The molecule has 1 unspecified atom stereocenters. The van der Waals surface area contributed by atoms with E-state index in [2.05, 4.69) is 25.8 Å². The lowest BCUT2D eigenvalue weighted by Crippen LogP contribution is -2.70. The van der Waals surface area contributed by atoms with E-state index in [1.54, 1.807) is 10.1 Å². The summed E-state index contributed by atoms with van der Waals surface area (Å²) in [6.45, 7) is 6.76. The predicted octanol–water partition coefficient (Wildman–Crippen LogP) is 1.13. The second-order valence-electron chi connectivity index (χ2n) is 10.9. The van der Waals surface area contributed by atoms with Crippen LogP contribution in [-0.2, 0) is 41.6 Å². The number of likely N-dealkylation sites (N-methyl/N-ethyl adjacent to an activating group) is 1. The Kier molecular flexibility index (Phi) is 11.6. The number of aromatic nitrogens is 5. The van der Waals surface area contributed by atoms with Crippen LogP contribution in [0, 0.1) is 5.92 Å². The van der Waals surface area contributed by atoms with E-state index >= 15 is 0 Å². The first-order chi connectivity index (χ1) is 20.9. The number of nitrogens with one attached hydrogen (secondary N) is 1. The number of amides is 2. The zero-order chi connectivity index (χ0) is 32.0. The molecule has 240 valence electrons. The van der Waals surface area contributed by atoms with Gasteiger partial charge in [0.1, 0.15) is 17.1 Å². The van der Waals surface area contributed by atoms with Gasteiger partial charge in [-0.15, -0.1) is 28.2 Å². The lowest BCUT2D eigenvalue weighted by atomic mass is 10.0. The number of esters is 2. The second kappa shape index (κ2) is 15.2. The Morgan fingerprint density at radius 1 is 1.25 bits per heavy atom. The molecule has 2 aliphatic rings. The van der Waals surface area contributed by atoms with E-state index in [9.17, 15) is 19.2 Å². The number of ether oxygens (including phenoxy) is 2.